The van der Waals surface area contributed by atoms with E-state index in [1.165, 1.54) is 11.8 Å². The lowest BCUT2D eigenvalue weighted by molar-refractivity contribution is -0.142. The van der Waals surface area contributed by atoms with Gasteiger partial charge in [-0.2, -0.15) is 11.8 Å². The molecular formula is C32H40N6O5S. The van der Waals surface area contributed by atoms with Crippen molar-refractivity contribution >= 4 is 57.3 Å². The minimum atomic E-state index is -1.21. The first-order valence-corrected chi connectivity index (χ1v) is 16.0. The number of carboxylic acid groups (broad SMARTS) is 1. The molecule has 0 bridgehead atoms. The van der Waals surface area contributed by atoms with Crippen LogP contribution in [0.4, 0.5) is 0 Å². The molecule has 8 N–H and O–H groups in total. The molecule has 0 spiro atoms. The van der Waals surface area contributed by atoms with Gasteiger partial charge in [0.15, 0.2) is 0 Å². The van der Waals surface area contributed by atoms with Crippen LogP contribution >= 0.6 is 11.8 Å². The van der Waals surface area contributed by atoms with Crippen LogP contribution < -0.4 is 21.7 Å². The predicted octanol–water partition coefficient (Wildman–Crippen LogP) is 2.71. The Morgan fingerprint density at radius 2 is 1.34 bits per heavy atom. The molecule has 0 saturated carbocycles. The van der Waals surface area contributed by atoms with Gasteiger partial charge >= 0.3 is 5.97 Å². The number of nitrogens with two attached hydrogens (primary N) is 1. The molecule has 11 nitrogen and oxygen atoms in total. The van der Waals surface area contributed by atoms with Gasteiger partial charge in [0, 0.05) is 40.6 Å². The van der Waals surface area contributed by atoms with Crippen molar-refractivity contribution in [2.45, 2.75) is 57.3 Å². The molecule has 4 atom stereocenters. The quantitative estimate of drug-likeness (QED) is 0.107. The number of thioether (sulfide) groups is 1. The number of rotatable bonds is 15. The van der Waals surface area contributed by atoms with E-state index in [1.54, 1.807) is 20.0 Å². The number of carbonyl (C=O) groups excluding carboxylic acids is 3. The molecule has 12 heteroatoms. The molecule has 0 saturated heterocycles. The Bertz CT molecular complexity index is 1610. The van der Waals surface area contributed by atoms with E-state index < -0.39 is 47.9 Å². The Balaban J connectivity index is 1.42. The maximum absolute atomic E-state index is 13.5. The number of aromatic amines is 2. The number of para-hydroxylation sites is 2. The average molecular weight is 621 g/mol. The lowest BCUT2D eigenvalue weighted by Crippen LogP contribution is -2.58. The van der Waals surface area contributed by atoms with E-state index in [0.29, 0.717) is 5.75 Å². The van der Waals surface area contributed by atoms with E-state index in [9.17, 15) is 24.3 Å². The van der Waals surface area contributed by atoms with Crippen molar-refractivity contribution in [3.8, 4) is 0 Å². The monoisotopic (exact) mass is 620 g/mol. The van der Waals surface area contributed by atoms with Crippen LogP contribution in [-0.4, -0.2) is 74.9 Å². The number of carboxylic acids is 1. The third kappa shape index (κ3) is 8.00. The normalized spacial score (nSPS) is 14.2. The summed E-state index contributed by atoms with van der Waals surface area (Å²) in [4.78, 5) is 58.4. The number of nitrogens with one attached hydrogen (secondary N) is 5. The van der Waals surface area contributed by atoms with Crippen molar-refractivity contribution < 1.29 is 24.3 Å². The van der Waals surface area contributed by atoms with Gasteiger partial charge in [0.05, 0.1) is 6.04 Å². The average Bonchev–Trinajstić information content (AvgIpc) is 3.61. The van der Waals surface area contributed by atoms with Crippen molar-refractivity contribution in [3.63, 3.8) is 0 Å². The first kappa shape index (κ1) is 32.6. The molecule has 4 aromatic rings. The maximum atomic E-state index is 13.5. The molecule has 0 aliphatic heterocycles. The highest BCUT2D eigenvalue weighted by Gasteiger charge is 2.32. The minimum absolute atomic E-state index is 0.0628. The maximum Gasteiger partial charge on any atom is 0.326 e. The summed E-state index contributed by atoms with van der Waals surface area (Å²) in [6.07, 6.45) is 6.04. The number of carbonyl (C=O) groups is 4. The van der Waals surface area contributed by atoms with E-state index in [2.05, 4.69) is 25.9 Å². The number of H-pyrrole nitrogens is 2. The summed E-state index contributed by atoms with van der Waals surface area (Å²) in [5.41, 5.74) is 9.71. The molecule has 2 aromatic carbocycles. The summed E-state index contributed by atoms with van der Waals surface area (Å²) in [6.45, 7) is 3.57. The number of hydrogen-bond donors (Lipinski definition) is 7. The third-order valence-electron chi connectivity index (χ3n) is 7.66. The third-order valence-corrected chi connectivity index (χ3v) is 8.30. The number of aliphatic carboxylic acids is 1. The minimum Gasteiger partial charge on any atom is -0.480 e. The Labute approximate surface area is 260 Å². The zero-order valence-electron chi connectivity index (χ0n) is 25.1. The van der Waals surface area contributed by atoms with Crippen LogP contribution in [0.15, 0.2) is 60.9 Å². The highest BCUT2D eigenvalue weighted by Crippen LogP contribution is 2.20. The summed E-state index contributed by atoms with van der Waals surface area (Å²) in [5, 5.41) is 19.9. The van der Waals surface area contributed by atoms with Crippen molar-refractivity contribution in [3.05, 3.63) is 72.1 Å². The van der Waals surface area contributed by atoms with Crippen LogP contribution in [0.25, 0.3) is 21.8 Å². The van der Waals surface area contributed by atoms with Gasteiger partial charge in [-0.05, 0) is 54.0 Å². The molecule has 4 rings (SSSR count). The number of amides is 3. The number of benzene rings is 2. The molecule has 3 amide bonds. The van der Waals surface area contributed by atoms with E-state index in [4.69, 9.17) is 5.73 Å². The molecule has 0 aliphatic rings. The summed E-state index contributed by atoms with van der Waals surface area (Å²) in [7, 11) is 0. The second-order valence-electron chi connectivity index (χ2n) is 11.2. The Kier molecular flexibility index (Phi) is 11.1. The lowest BCUT2D eigenvalue weighted by Gasteiger charge is -2.27. The van der Waals surface area contributed by atoms with E-state index in [0.717, 1.165) is 32.9 Å². The number of fused-ring (bicyclic) bond motifs is 2. The lowest BCUT2D eigenvalue weighted by atomic mass is 10.0. The highest BCUT2D eigenvalue weighted by atomic mass is 32.2. The molecule has 4 unspecified atom stereocenters. The molecule has 0 radical (unpaired) electrons. The zero-order valence-corrected chi connectivity index (χ0v) is 25.9. The van der Waals surface area contributed by atoms with Gasteiger partial charge in [-0.15, -0.1) is 0 Å². The second-order valence-corrected chi connectivity index (χ2v) is 12.2. The first-order valence-electron chi connectivity index (χ1n) is 14.6. The molecule has 0 fully saturated rings. The van der Waals surface area contributed by atoms with Crippen LogP contribution in [0.1, 0.15) is 31.4 Å². The SMILES string of the molecule is CSCCC(NC(=O)C(NC(=O)C(N)Cc1c[nH]c2ccccc12)C(C)C)C(=O)NC(Cc1c[nH]c2ccccc12)C(=O)O. The Morgan fingerprint density at radius 3 is 1.89 bits per heavy atom. The molecular weight excluding hydrogens is 580 g/mol. The van der Waals surface area contributed by atoms with E-state index >= 15 is 0 Å². The van der Waals surface area contributed by atoms with Gasteiger partial charge in [0.1, 0.15) is 18.1 Å². The van der Waals surface area contributed by atoms with Gasteiger partial charge in [-0.1, -0.05) is 50.2 Å². The molecule has 2 heterocycles. The molecule has 2 aromatic heterocycles. The fourth-order valence-electron chi connectivity index (χ4n) is 5.18. The summed E-state index contributed by atoms with van der Waals surface area (Å²) in [6, 6.07) is 11.2. The van der Waals surface area contributed by atoms with Crippen LogP contribution in [0.2, 0.25) is 0 Å². The van der Waals surface area contributed by atoms with E-state index in [1.807, 2.05) is 61.0 Å². The highest BCUT2D eigenvalue weighted by molar-refractivity contribution is 7.98. The van der Waals surface area contributed by atoms with Crippen LogP contribution in [0.3, 0.4) is 0 Å². The first-order chi connectivity index (χ1) is 21.1. The summed E-state index contributed by atoms with van der Waals surface area (Å²) in [5.74, 6) is -2.58. The molecule has 44 heavy (non-hydrogen) atoms. The van der Waals surface area contributed by atoms with Crippen LogP contribution in [-0.2, 0) is 32.0 Å². The van der Waals surface area contributed by atoms with E-state index in [-0.39, 0.29) is 25.2 Å². The van der Waals surface area contributed by atoms with Crippen molar-refractivity contribution in [2.24, 2.45) is 11.7 Å². The molecule has 234 valence electrons. The van der Waals surface area contributed by atoms with Gasteiger partial charge < -0.3 is 36.8 Å². The van der Waals surface area contributed by atoms with Gasteiger partial charge in [0.2, 0.25) is 17.7 Å². The van der Waals surface area contributed by atoms with Crippen molar-refractivity contribution in [2.75, 3.05) is 12.0 Å². The number of aromatic nitrogens is 2. The van der Waals surface area contributed by atoms with Gasteiger partial charge in [-0.3, -0.25) is 14.4 Å². The summed E-state index contributed by atoms with van der Waals surface area (Å²) >= 11 is 1.50. The smallest absolute Gasteiger partial charge is 0.326 e. The van der Waals surface area contributed by atoms with Crippen molar-refractivity contribution in [1.82, 2.24) is 25.9 Å². The molecule has 0 aliphatic carbocycles. The van der Waals surface area contributed by atoms with Gasteiger partial charge in [-0.25, -0.2) is 4.79 Å². The van der Waals surface area contributed by atoms with Crippen LogP contribution in [0, 0.1) is 5.92 Å². The fourth-order valence-corrected chi connectivity index (χ4v) is 5.66. The van der Waals surface area contributed by atoms with Gasteiger partial charge in [0.25, 0.3) is 0 Å². The Morgan fingerprint density at radius 1 is 0.795 bits per heavy atom. The van der Waals surface area contributed by atoms with Crippen molar-refractivity contribution in [1.29, 1.82) is 0 Å². The summed E-state index contributed by atoms with van der Waals surface area (Å²) < 4.78 is 0. The predicted molar refractivity (Wildman–Crippen MR) is 173 cm³/mol. The topological polar surface area (TPSA) is 182 Å². The Hall–Kier alpha value is -4.29. The fraction of sp³-hybridized carbons (Fsp3) is 0.375. The number of hydrogen-bond acceptors (Lipinski definition) is 6. The standard InChI is InChI=1S/C32H40N6O5S/c1-18(2)28(38-29(39)23(33)14-19-16-34-24-10-6-4-8-21(19)24)31(41)36-26(12-13-44-3)30(40)37-27(32(42)43)15-20-17-35-25-11-7-5-9-22(20)25/h4-11,16-18,23,26-28,34-35H,12-15,33H2,1-3H3,(H,36,41)(H,37,40)(H,38,39)(H,42,43). The second kappa shape index (κ2) is 14.9. The van der Waals surface area contributed by atoms with Crippen LogP contribution in [0.5, 0.6) is 0 Å². The largest absolute Gasteiger partial charge is 0.480 e. The zero-order chi connectivity index (χ0) is 31.8.